The number of rotatable bonds is 5. The van der Waals surface area contributed by atoms with E-state index in [-0.39, 0.29) is 0 Å². The van der Waals surface area contributed by atoms with Crippen LogP contribution in [0.1, 0.15) is 25.5 Å². The number of imidazole rings is 1. The van der Waals surface area contributed by atoms with Crippen molar-refractivity contribution in [2.45, 2.75) is 26.0 Å². The van der Waals surface area contributed by atoms with E-state index in [0.29, 0.717) is 12.6 Å². The predicted molar refractivity (Wildman–Crippen MR) is 71.7 cm³/mol. The quantitative estimate of drug-likeness (QED) is 0.846. The van der Waals surface area contributed by atoms with Crippen molar-refractivity contribution in [1.29, 1.82) is 0 Å². The lowest BCUT2D eigenvalue weighted by atomic mass is 10.1. The number of benzene rings is 1. The van der Waals surface area contributed by atoms with E-state index in [4.69, 9.17) is 0 Å². The Kier molecular flexibility index (Phi) is 4.12. The van der Waals surface area contributed by atoms with Gasteiger partial charge in [0.05, 0.1) is 12.4 Å². The summed E-state index contributed by atoms with van der Waals surface area (Å²) in [7, 11) is 0. The monoisotopic (exact) mass is 245 g/mol. The average Bonchev–Trinajstić information content (AvgIpc) is 2.90. The van der Waals surface area contributed by atoms with E-state index in [1.54, 1.807) is 12.5 Å². The number of nitrogens with one attached hydrogen (secondary N) is 1. The van der Waals surface area contributed by atoms with Gasteiger partial charge in [-0.3, -0.25) is 0 Å². The summed E-state index contributed by atoms with van der Waals surface area (Å²) in [6.07, 6.45) is 4.93. The number of aliphatic hydroxyl groups excluding tert-OH is 1. The predicted octanol–water partition coefficient (Wildman–Crippen LogP) is 1.90. The molecule has 1 aromatic carbocycles. The van der Waals surface area contributed by atoms with E-state index >= 15 is 0 Å². The SMILES string of the molecule is CC(C)NCC(O)c1ccc(-n2ccnc2)cc1. The summed E-state index contributed by atoms with van der Waals surface area (Å²) in [6.45, 7) is 4.70. The van der Waals surface area contributed by atoms with Gasteiger partial charge in [-0.2, -0.15) is 0 Å². The molecule has 1 atom stereocenters. The van der Waals surface area contributed by atoms with E-state index in [1.807, 2.05) is 35.0 Å². The van der Waals surface area contributed by atoms with Crippen molar-refractivity contribution in [2.24, 2.45) is 0 Å². The summed E-state index contributed by atoms with van der Waals surface area (Å²) < 4.78 is 1.93. The lowest BCUT2D eigenvalue weighted by Crippen LogP contribution is -2.27. The zero-order valence-corrected chi connectivity index (χ0v) is 10.7. The Morgan fingerprint density at radius 2 is 2.00 bits per heavy atom. The zero-order valence-electron chi connectivity index (χ0n) is 10.7. The first-order chi connectivity index (χ1) is 8.66. The van der Waals surface area contributed by atoms with Crippen molar-refractivity contribution in [2.75, 3.05) is 6.54 Å². The molecule has 0 amide bonds. The van der Waals surface area contributed by atoms with Gasteiger partial charge in [0.1, 0.15) is 0 Å². The van der Waals surface area contributed by atoms with Crippen LogP contribution in [0.4, 0.5) is 0 Å². The third-order valence-electron chi connectivity index (χ3n) is 2.80. The number of aliphatic hydroxyl groups is 1. The minimum Gasteiger partial charge on any atom is -0.387 e. The minimum absolute atomic E-state index is 0.380. The Morgan fingerprint density at radius 3 is 2.56 bits per heavy atom. The minimum atomic E-state index is -0.468. The molecule has 4 nitrogen and oxygen atoms in total. The van der Waals surface area contributed by atoms with Crippen LogP contribution in [0, 0.1) is 0 Å². The van der Waals surface area contributed by atoms with E-state index in [2.05, 4.69) is 24.1 Å². The average molecular weight is 245 g/mol. The molecule has 1 unspecified atom stereocenters. The van der Waals surface area contributed by atoms with Crippen LogP contribution in [0.5, 0.6) is 0 Å². The van der Waals surface area contributed by atoms with E-state index in [9.17, 15) is 5.11 Å². The van der Waals surface area contributed by atoms with Crippen molar-refractivity contribution in [3.63, 3.8) is 0 Å². The number of aromatic nitrogens is 2. The highest BCUT2D eigenvalue weighted by Gasteiger charge is 2.07. The number of hydrogen-bond acceptors (Lipinski definition) is 3. The van der Waals surface area contributed by atoms with Gasteiger partial charge in [-0.15, -0.1) is 0 Å². The standard InChI is InChI=1S/C14H19N3O/c1-11(2)16-9-14(18)12-3-5-13(6-4-12)17-8-7-15-10-17/h3-8,10-11,14,16,18H,9H2,1-2H3. The molecule has 0 fully saturated rings. The van der Waals surface area contributed by atoms with E-state index in [0.717, 1.165) is 11.3 Å². The van der Waals surface area contributed by atoms with Gasteiger partial charge in [-0.05, 0) is 17.7 Å². The first-order valence-corrected chi connectivity index (χ1v) is 6.16. The van der Waals surface area contributed by atoms with Gasteiger partial charge in [0.25, 0.3) is 0 Å². The summed E-state index contributed by atoms with van der Waals surface area (Å²) in [5.41, 5.74) is 1.97. The molecule has 0 aliphatic rings. The van der Waals surface area contributed by atoms with Crippen molar-refractivity contribution in [1.82, 2.24) is 14.9 Å². The van der Waals surface area contributed by atoms with Gasteiger partial charge in [0, 0.05) is 30.7 Å². The van der Waals surface area contributed by atoms with Gasteiger partial charge in [-0.25, -0.2) is 4.98 Å². The molecular formula is C14H19N3O. The fourth-order valence-corrected chi connectivity index (χ4v) is 1.75. The summed E-state index contributed by atoms with van der Waals surface area (Å²) in [4.78, 5) is 4.01. The Balaban J connectivity index is 2.03. The smallest absolute Gasteiger partial charge is 0.0991 e. The lowest BCUT2D eigenvalue weighted by molar-refractivity contribution is 0.171. The Morgan fingerprint density at radius 1 is 1.28 bits per heavy atom. The van der Waals surface area contributed by atoms with Crippen LogP contribution in [-0.2, 0) is 0 Å². The maximum atomic E-state index is 10.0. The molecular weight excluding hydrogens is 226 g/mol. The highest BCUT2D eigenvalue weighted by atomic mass is 16.3. The molecule has 1 aromatic heterocycles. The molecule has 96 valence electrons. The first kappa shape index (κ1) is 12.8. The summed E-state index contributed by atoms with van der Waals surface area (Å²) in [5.74, 6) is 0. The third-order valence-corrected chi connectivity index (χ3v) is 2.80. The molecule has 0 saturated carbocycles. The third kappa shape index (κ3) is 3.18. The molecule has 2 N–H and O–H groups in total. The first-order valence-electron chi connectivity index (χ1n) is 6.16. The Bertz CT molecular complexity index is 462. The van der Waals surface area contributed by atoms with Crippen LogP contribution < -0.4 is 5.32 Å². The van der Waals surface area contributed by atoms with Crippen LogP contribution in [0.2, 0.25) is 0 Å². The van der Waals surface area contributed by atoms with Crippen LogP contribution in [-0.4, -0.2) is 27.2 Å². The van der Waals surface area contributed by atoms with Crippen LogP contribution in [0.25, 0.3) is 5.69 Å². The molecule has 4 heteroatoms. The lowest BCUT2D eigenvalue weighted by Gasteiger charge is -2.14. The van der Waals surface area contributed by atoms with Gasteiger partial charge in [-0.1, -0.05) is 26.0 Å². The fourth-order valence-electron chi connectivity index (χ4n) is 1.75. The molecule has 18 heavy (non-hydrogen) atoms. The zero-order chi connectivity index (χ0) is 13.0. The normalized spacial score (nSPS) is 12.9. The second-order valence-electron chi connectivity index (χ2n) is 4.64. The molecule has 2 aromatic rings. The van der Waals surface area contributed by atoms with Crippen LogP contribution in [0.15, 0.2) is 43.0 Å². The van der Waals surface area contributed by atoms with Gasteiger partial charge in [0.2, 0.25) is 0 Å². The molecule has 0 aliphatic heterocycles. The number of hydrogen-bond donors (Lipinski definition) is 2. The van der Waals surface area contributed by atoms with Crippen molar-refractivity contribution in [3.8, 4) is 5.69 Å². The summed E-state index contributed by atoms with van der Waals surface area (Å²) in [6, 6.07) is 8.24. The van der Waals surface area contributed by atoms with Crippen LogP contribution >= 0.6 is 0 Å². The summed E-state index contributed by atoms with van der Waals surface area (Å²) in [5, 5.41) is 13.2. The summed E-state index contributed by atoms with van der Waals surface area (Å²) >= 11 is 0. The van der Waals surface area contributed by atoms with E-state index < -0.39 is 6.10 Å². The van der Waals surface area contributed by atoms with Gasteiger partial charge in [0.15, 0.2) is 0 Å². The molecule has 1 heterocycles. The Labute approximate surface area is 107 Å². The van der Waals surface area contributed by atoms with Gasteiger partial charge >= 0.3 is 0 Å². The highest BCUT2D eigenvalue weighted by Crippen LogP contribution is 2.15. The number of nitrogens with zero attached hydrogens (tertiary/aromatic N) is 2. The van der Waals surface area contributed by atoms with Crippen molar-refractivity contribution >= 4 is 0 Å². The Hall–Kier alpha value is -1.65. The topological polar surface area (TPSA) is 50.1 Å². The molecule has 0 spiro atoms. The van der Waals surface area contributed by atoms with Gasteiger partial charge < -0.3 is 15.0 Å². The molecule has 0 bridgehead atoms. The highest BCUT2D eigenvalue weighted by molar-refractivity contribution is 5.35. The maximum Gasteiger partial charge on any atom is 0.0991 e. The fraction of sp³-hybridized carbons (Fsp3) is 0.357. The van der Waals surface area contributed by atoms with Crippen molar-refractivity contribution in [3.05, 3.63) is 48.5 Å². The van der Waals surface area contributed by atoms with Crippen LogP contribution in [0.3, 0.4) is 0 Å². The second-order valence-corrected chi connectivity index (χ2v) is 4.64. The maximum absolute atomic E-state index is 10.0. The second kappa shape index (κ2) is 5.80. The molecule has 0 aliphatic carbocycles. The van der Waals surface area contributed by atoms with Crippen molar-refractivity contribution < 1.29 is 5.11 Å². The molecule has 2 rings (SSSR count). The van der Waals surface area contributed by atoms with E-state index in [1.165, 1.54) is 0 Å². The molecule has 0 radical (unpaired) electrons. The largest absolute Gasteiger partial charge is 0.387 e. The molecule has 0 saturated heterocycles.